The summed E-state index contributed by atoms with van der Waals surface area (Å²) < 4.78 is 4.80. The lowest BCUT2D eigenvalue weighted by Gasteiger charge is -2.03. The summed E-state index contributed by atoms with van der Waals surface area (Å²) in [5.74, 6) is -0.907. The topological polar surface area (TPSA) is 43.4 Å². The minimum absolute atomic E-state index is 0.453. The molecule has 15 heavy (non-hydrogen) atoms. The summed E-state index contributed by atoms with van der Waals surface area (Å²) in [5, 5.41) is 0. The van der Waals surface area contributed by atoms with Crippen molar-refractivity contribution in [2.45, 2.75) is 38.5 Å². The van der Waals surface area contributed by atoms with Crippen molar-refractivity contribution in [1.29, 1.82) is 0 Å². The Morgan fingerprint density at radius 2 is 1.40 bits per heavy atom. The van der Waals surface area contributed by atoms with E-state index in [1.807, 2.05) is 12.2 Å². The SMILES string of the molecule is O=C(OC(=O)C1=CCCC1)C1=CCCC1. The molecule has 0 aliphatic heterocycles. The summed E-state index contributed by atoms with van der Waals surface area (Å²) in [6.07, 6.45) is 9.01. The zero-order valence-electron chi connectivity index (χ0n) is 8.62. The number of carbonyl (C=O) groups excluding carboxylic acids is 2. The molecule has 0 saturated carbocycles. The number of carbonyl (C=O) groups is 2. The van der Waals surface area contributed by atoms with E-state index in [4.69, 9.17) is 4.74 Å². The van der Waals surface area contributed by atoms with Crippen LogP contribution in [0, 0.1) is 0 Å². The minimum Gasteiger partial charge on any atom is -0.386 e. The first-order chi connectivity index (χ1) is 7.27. The van der Waals surface area contributed by atoms with Crippen LogP contribution in [0.15, 0.2) is 23.3 Å². The number of hydrogen-bond acceptors (Lipinski definition) is 3. The number of ether oxygens (including phenoxy) is 1. The largest absolute Gasteiger partial charge is 0.386 e. The molecule has 0 heterocycles. The van der Waals surface area contributed by atoms with Crippen molar-refractivity contribution in [3.05, 3.63) is 23.3 Å². The fraction of sp³-hybridized carbons (Fsp3) is 0.500. The highest BCUT2D eigenvalue weighted by atomic mass is 16.6. The average Bonchev–Trinajstić information content (AvgIpc) is 2.91. The van der Waals surface area contributed by atoms with Gasteiger partial charge in [0.1, 0.15) is 0 Å². The Hall–Kier alpha value is -1.38. The van der Waals surface area contributed by atoms with Gasteiger partial charge in [-0.25, -0.2) is 9.59 Å². The molecule has 0 aromatic rings. The number of allylic oxidation sites excluding steroid dienone is 2. The smallest absolute Gasteiger partial charge is 0.341 e. The van der Waals surface area contributed by atoms with Gasteiger partial charge in [-0.2, -0.15) is 0 Å². The monoisotopic (exact) mass is 206 g/mol. The van der Waals surface area contributed by atoms with Gasteiger partial charge in [0.05, 0.1) is 0 Å². The molecule has 2 aliphatic carbocycles. The molecule has 0 spiro atoms. The van der Waals surface area contributed by atoms with Crippen LogP contribution in [0.2, 0.25) is 0 Å². The second kappa shape index (κ2) is 4.43. The van der Waals surface area contributed by atoms with Crippen LogP contribution in [0.5, 0.6) is 0 Å². The Labute approximate surface area is 88.8 Å². The molecular formula is C12H14O3. The summed E-state index contributed by atoms with van der Waals surface area (Å²) >= 11 is 0. The molecule has 2 rings (SSSR count). The molecule has 3 nitrogen and oxygen atoms in total. The Morgan fingerprint density at radius 1 is 0.933 bits per heavy atom. The van der Waals surface area contributed by atoms with Gasteiger partial charge in [-0.15, -0.1) is 0 Å². The Kier molecular flexibility index (Phi) is 2.99. The van der Waals surface area contributed by atoms with Gasteiger partial charge in [0, 0.05) is 11.1 Å². The van der Waals surface area contributed by atoms with Crippen LogP contribution in [0.1, 0.15) is 38.5 Å². The molecule has 0 bridgehead atoms. The molecule has 3 heteroatoms. The Balaban J connectivity index is 1.91. The van der Waals surface area contributed by atoms with E-state index < -0.39 is 11.9 Å². The van der Waals surface area contributed by atoms with Crippen LogP contribution in [0.3, 0.4) is 0 Å². The number of hydrogen-bond donors (Lipinski definition) is 0. The van der Waals surface area contributed by atoms with Crippen LogP contribution >= 0.6 is 0 Å². The van der Waals surface area contributed by atoms with Crippen LogP contribution in [-0.4, -0.2) is 11.9 Å². The van der Waals surface area contributed by atoms with E-state index in [2.05, 4.69) is 0 Å². The van der Waals surface area contributed by atoms with E-state index in [1.54, 1.807) is 0 Å². The van der Waals surface area contributed by atoms with Gasteiger partial charge < -0.3 is 4.74 Å². The lowest BCUT2D eigenvalue weighted by molar-refractivity contribution is -0.154. The average molecular weight is 206 g/mol. The van der Waals surface area contributed by atoms with E-state index in [1.165, 1.54) is 0 Å². The van der Waals surface area contributed by atoms with Gasteiger partial charge in [0.25, 0.3) is 0 Å². The third-order valence-corrected chi connectivity index (χ3v) is 2.79. The van der Waals surface area contributed by atoms with Crippen molar-refractivity contribution < 1.29 is 14.3 Å². The molecule has 0 aromatic heterocycles. The van der Waals surface area contributed by atoms with E-state index in [0.717, 1.165) is 38.5 Å². The maximum Gasteiger partial charge on any atom is 0.341 e. The molecule has 2 aliphatic rings. The maximum atomic E-state index is 11.5. The first-order valence-corrected chi connectivity index (χ1v) is 5.42. The van der Waals surface area contributed by atoms with Gasteiger partial charge in [-0.3, -0.25) is 0 Å². The highest BCUT2D eigenvalue weighted by Crippen LogP contribution is 2.22. The van der Waals surface area contributed by atoms with Crippen LogP contribution in [0.25, 0.3) is 0 Å². The normalized spacial score (nSPS) is 19.7. The third kappa shape index (κ3) is 2.35. The molecular weight excluding hydrogens is 192 g/mol. The molecule has 0 atom stereocenters. The molecule has 0 aromatic carbocycles. The zero-order valence-corrected chi connectivity index (χ0v) is 8.62. The van der Waals surface area contributed by atoms with Crippen LogP contribution in [-0.2, 0) is 14.3 Å². The van der Waals surface area contributed by atoms with E-state index >= 15 is 0 Å². The van der Waals surface area contributed by atoms with Crippen molar-refractivity contribution >= 4 is 11.9 Å². The van der Waals surface area contributed by atoms with Gasteiger partial charge in [0.15, 0.2) is 0 Å². The third-order valence-electron chi connectivity index (χ3n) is 2.79. The van der Waals surface area contributed by atoms with Gasteiger partial charge in [-0.05, 0) is 38.5 Å². The highest BCUT2D eigenvalue weighted by molar-refractivity contribution is 6.02. The molecule has 0 unspecified atom stereocenters. The predicted octanol–water partition coefficient (Wildman–Crippen LogP) is 2.28. The van der Waals surface area contributed by atoms with Gasteiger partial charge in [-0.1, -0.05) is 12.2 Å². The minimum atomic E-state index is -0.453. The predicted molar refractivity (Wildman–Crippen MR) is 55.0 cm³/mol. The highest BCUT2D eigenvalue weighted by Gasteiger charge is 2.21. The summed E-state index contributed by atoms with van der Waals surface area (Å²) in [4.78, 5) is 22.9. The summed E-state index contributed by atoms with van der Waals surface area (Å²) in [7, 11) is 0. The zero-order chi connectivity index (χ0) is 10.7. The van der Waals surface area contributed by atoms with Crippen molar-refractivity contribution in [2.75, 3.05) is 0 Å². The van der Waals surface area contributed by atoms with Crippen LogP contribution in [0.4, 0.5) is 0 Å². The molecule has 0 radical (unpaired) electrons. The molecule has 0 N–H and O–H groups in total. The fourth-order valence-electron chi connectivity index (χ4n) is 1.93. The van der Waals surface area contributed by atoms with Crippen molar-refractivity contribution in [3.8, 4) is 0 Å². The van der Waals surface area contributed by atoms with E-state index in [-0.39, 0.29) is 0 Å². The summed E-state index contributed by atoms with van der Waals surface area (Å²) in [6.45, 7) is 0. The summed E-state index contributed by atoms with van der Waals surface area (Å²) in [6, 6.07) is 0. The Bertz CT molecular complexity index is 316. The second-order valence-corrected chi connectivity index (χ2v) is 3.92. The van der Waals surface area contributed by atoms with Crippen molar-refractivity contribution in [3.63, 3.8) is 0 Å². The fourth-order valence-corrected chi connectivity index (χ4v) is 1.93. The van der Waals surface area contributed by atoms with Gasteiger partial charge in [0.2, 0.25) is 0 Å². The second-order valence-electron chi connectivity index (χ2n) is 3.92. The maximum absolute atomic E-state index is 11.5. The quantitative estimate of drug-likeness (QED) is 0.514. The van der Waals surface area contributed by atoms with Crippen LogP contribution < -0.4 is 0 Å². The number of rotatable bonds is 2. The standard InChI is InChI=1S/C12H14O3/c13-11(9-5-1-2-6-9)15-12(14)10-7-3-4-8-10/h5,7H,1-4,6,8H2. The number of esters is 2. The lowest BCUT2D eigenvalue weighted by atomic mass is 10.2. The lowest BCUT2D eigenvalue weighted by Crippen LogP contribution is -2.14. The van der Waals surface area contributed by atoms with Crippen molar-refractivity contribution in [1.82, 2.24) is 0 Å². The molecule has 80 valence electrons. The Morgan fingerprint density at radius 3 is 1.73 bits per heavy atom. The molecule has 0 saturated heterocycles. The first kappa shape index (κ1) is 10.1. The van der Waals surface area contributed by atoms with E-state index in [9.17, 15) is 9.59 Å². The van der Waals surface area contributed by atoms with E-state index in [0.29, 0.717) is 11.1 Å². The molecule has 0 amide bonds. The first-order valence-electron chi connectivity index (χ1n) is 5.42. The van der Waals surface area contributed by atoms with Gasteiger partial charge >= 0.3 is 11.9 Å². The molecule has 0 fully saturated rings. The van der Waals surface area contributed by atoms with Crippen molar-refractivity contribution in [2.24, 2.45) is 0 Å². The summed E-state index contributed by atoms with van der Waals surface area (Å²) in [5.41, 5.74) is 1.31.